The standard InChI is InChI=1S/C9H16Si/c1-5-6(2)8(4)9(10)7(5)3/h9H,1-4,10H3. The molecule has 1 heteroatoms. The minimum Gasteiger partial charge on any atom is -0.0667 e. The quantitative estimate of drug-likeness (QED) is 0.465. The molecule has 0 unspecified atom stereocenters. The van der Waals surface area contributed by atoms with Gasteiger partial charge in [-0.1, -0.05) is 11.1 Å². The van der Waals surface area contributed by atoms with Crippen molar-refractivity contribution in [2.24, 2.45) is 0 Å². The first-order chi connectivity index (χ1) is 4.55. The van der Waals surface area contributed by atoms with Crippen LogP contribution in [0.15, 0.2) is 22.3 Å². The number of rotatable bonds is 0. The van der Waals surface area contributed by atoms with Crippen molar-refractivity contribution in [1.29, 1.82) is 0 Å². The molecule has 0 fully saturated rings. The van der Waals surface area contributed by atoms with Gasteiger partial charge in [0.25, 0.3) is 0 Å². The van der Waals surface area contributed by atoms with Crippen LogP contribution in [0.25, 0.3) is 0 Å². The molecule has 0 N–H and O–H groups in total. The van der Waals surface area contributed by atoms with Gasteiger partial charge in [-0.15, -0.1) is 0 Å². The van der Waals surface area contributed by atoms with Crippen LogP contribution in [0.1, 0.15) is 27.7 Å². The van der Waals surface area contributed by atoms with E-state index < -0.39 is 0 Å². The van der Waals surface area contributed by atoms with Crippen molar-refractivity contribution in [3.05, 3.63) is 22.3 Å². The predicted molar refractivity (Wildman–Crippen MR) is 50.4 cm³/mol. The highest BCUT2D eigenvalue weighted by molar-refractivity contribution is 6.16. The Balaban J connectivity index is 3.09. The van der Waals surface area contributed by atoms with Crippen molar-refractivity contribution < 1.29 is 0 Å². The van der Waals surface area contributed by atoms with E-state index in [1.807, 2.05) is 0 Å². The topological polar surface area (TPSA) is 0 Å². The first-order valence-corrected chi connectivity index (χ1v) is 5.06. The monoisotopic (exact) mass is 152 g/mol. The first-order valence-electron chi connectivity index (χ1n) is 3.90. The van der Waals surface area contributed by atoms with Gasteiger partial charge in [-0.2, -0.15) is 0 Å². The zero-order valence-electron chi connectivity index (χ0n) is 7.58. The molecule has 0 spiro atoms. The van der Waals surface area contributed by atoms with E-state index in [0.29, 0.717) is 0 Å². The summed E-state index contributed by atoms with van der Waals surface area (Å²) in [5, 5.41) is 0. The molecule has 0 atom stereocenters. The van der Waals surface area contributed by atoms with Crippen molar-refractivity contribution in [2.75, 3.05) is 0 Å². The lowest BCUT2D eigenvalue weighted by molar-refractivity contribution is 1.12. The van der Waals surface area contributed by atoms with Crippen molar-refractivity contribution in [1.82, 2.24) is 0 Å². The van der Waals surface area contributed by atoms with Gasteiger partial charge >= 0.3 is 0 Å². The molecular formula is C9H16Si. The van der Waals surface area contributed by atoms with Crippen LogP contribution in [-0.2, 0) is 0 Å². The summed E-state index contributed by atoms with van der Waals surface area (Å²) in [6.07, 6.45) is 0. The Labute approximate surface area is 66.4 Å². The van der Waals surface area contributed by atoms with E-state index >= 15 is 0 Å². The largest absolute Gasteiger partial charge is 0.0667 e. The summed E-state index contributed by atoms with van der Waals surface area (Å²) in [6.45, 7) is 9.03. The normalized spacial score (nSPS) is 21.6. The molecule has 1 aliphatic rings. The molecule has 0 aromatic carbocycles. The maximum Gasteiger partial charge on any atom is 0.0170 e. The van der Waals surface area contributed by atoms with Crippen molar-refractivity contribution in [3.63, 3.8) is 0 Å². The Morgan fingerprint density at radius 2 is 1.20 bits per heavy atom. The van der Waals surface area contributed by atoms with E-state index in [-0.39, 0.29) is 0 Å². The molecular weight excluding hydrogens is 136 g/mol. The third-order valence-electron chi connectivity index (χ3n) is 3.04. The van der Waals surface area contributed by atoms with Crippen LogP contribution in [0.3, 0.4) is 0 Å². The molecule has 0 saturated carbocycles. The van der Waals surface area contributed by atoms with Gasteiger partial charge in [0.15, 0.2) is 0 Å². The smallest absolute Gasteiger partial charge is 0.0170 e. The summed E-state index contributed by atoms with van der Waals surface area (Å²) in [7, 11) is 1.28. The summed E-state index contributed by atoms with van der Waals surface area (Å²) in [6, 6.07) is 0. The number of hydrogen-bond donors (Lipinski definition) is 0. The molecule has 0 aliphatic heterocycles. The molecule has 10 heavy (non-hydrogen) atoms. The Bertz CT molecular complexity index is 197. The van der Waals surface area contributed by atoms with Gasteiger partial charge in [0.1, 0.15) is 0 Å². The third kappa shape index (κ3) is 0.890. The maximum absolute atomic E-state index is 2.27. The average Bonchev–Trinajstić information content (AvgIpc) is 2.07. The van der Waals surface area contributed by atoms with Crippen LogP contribution in [-0.4, -0.2) is 10.2 Å². The van der Waals surface area contributed by atoms with E-state index in [4.69, 9.17) is 0 Å². The van der Waals surface area contributed by atoms with Gasteiger partial charge in [0.05, 0.1) is 0 Å². The average molecular weight is 152 g/mol. The highest BCUT2D eigenvalue weighted by atomic mass is 28.1. The second kappa shape index (κ2) is 2.39. The summed E-state index contributed by atoms with van der Waals surface area (Å²) in [5.74, 6) is 0. The molecule has 0 amide bonds. The van der Waals surface area contributed by atoms with Crippen molar-refractivity contribution >= 4 is 10.2 Å². The van der Waals surface area contributed by atoms with E-state index in [1.54, 1.807) is 11.1 Å². The van der Waals surface area contributed by atoms with Crippen LogP contribution in [0.2, 0.25) is 5.54 Å². The fraction of sp³-hybridized carbons (Fsp3) is 0.556. The summed E-state index contributed by atoms with van der Waals surface area (Å²) >= 11 is 0. The molecule has 56 valence electrons. The van der Waals surface area contributed by atoms with Crippen LogP contribution < -0.4 is 0 Å². The van der Waals surface area contributed by atoms with Crippen LogP contribution in [0.4, 0.5) is 0 Å². The Kier molecular flexibility index (Phi) is 1.86. The predicted octanol–water partition coefficient (Wildman–Crippen LogP) is 1.83. The second-order valence-corrected chi connectivity index (χ2v) is 4.49. The summed E-state index contributed by atoms with van der Waals surface area (Å²) < 4.78 is 0. The highest BCUT2D eigenvalue weighted by Gasteiger charge is 2.19. The Hall–Kier alpha value is -0.303. The lowest BCUT2D eigenvalue weighted by Gasteiger charge is -2.05. The molecule has 1 aliphatic carbocycles. The Morgan fingerprint density at radius 3 is 1.30 bits per heavy atom. The van der Waals surface area contributed by atoms with Gasteiger partial charge in [0.2, 0.25) is 0 Å². The highest BCUT2D eigenvalue weighted by Crippen LogP contribution is 2.38. The van der Waals surface area contributed by atoms with Crippen molar-refractivity contribution in [3.8, 4) is 0 Å². The Morgan fingerprint density at radius 1 is 0.900 bits per heavy atom. The first kappa shape index (κ1) is 7.80. The fourth-order valence-electron chi connectivity index (χ4n) is 1.57. The van der Waals surface area contributed by atoms with E-state index in [2.05, 4.69) is 27.7 Å². The molecule has 0 saturated heterocycles. The lowest BCUT2D eigenvalue weighted by atomic mass is 10.1. The third-order valence-corrected chi connectivity index (χ3v) is 4.78. The van der Waals surface area contributed by atoms with E-state index in [9.17, 15) is 0 Å². The van der Waals surface area contributed by atoms with Crippen LogP contribution in [0.5, 0.6) is 0 Å². The summed E-state index contributed by atoms with van der Waals surface area (Å²) in [5.41, 5.74) is 7.14. The fourth-order valence-corrected chi connectivity index (χ4v) is 2.43. The van der Waals surface area contributed by atoms with E-state index in [0.717, 1.165) is 5.54 Å². The molecule has 0 bridgehead atoms. The van der Waals surface area contributed by atoms with Gasteiger partial charge in [-0.05, 0) is 44.4 Å². The SMILES string of the molecule is CC1=C(C)C([SiH3])C(C)=C1C. The van der Waals surface area contributed by atoms with E-state index in [1.165, 1.54) is 21.4 Å². The van der Waals surface area contributed by atoms with Gasteiger partial charge in [0, 0.05) is 10.2 Å². The number of allylic oxidation sites excluding steroid dienone is 4. The van der Waals surface area contributed by atoms with Crippen LogP contribution >= 0.6 is 0 Å². The second-order valence-electron chi connectivity index (χ2n) is 3.34. The zero-order chi connectivity index (χ0) is 7.89. The van der Waals surface area contributed by atoms with Crippen molar-refractivity contribution in [2.45, 2.75) is 33.2 Å². The summed E-state index contributed by atoms with van der Waals surface area (Å²) in [4.78, 5) is 0. The van der Waals surface area contributed by atoms with Gasteiger partial charge < -0.3 is 0 Å². The maximum atomic E-state index is 2.27. The molecule has 0 aromatic heterocycles. The van der Waals surface area contributed by atoms with Gasteiger partial charge in [-0.25, -0.2) is 0 Å². The lowest BCUT2D eigenvalue weighted by Crippen LogP contribution is -1.90. The molecule has 0 nitrogen and oxygen atoms in total. The minimum atomic E-state index is 0.833. The molecule has 1 rings (SSSR count). The minimum absolute atomic E-state index is 0.833. The number of hydrogen-bond acceptors (Lipinski definition) is 0. The molecule has 0 heterocycles. The van der Waals surface area contributed by atoms with Crippen LogP contribution in [0, 0.1) is 0 Å². The zero-order valence-corrected chi connectivity index (χ0v) is 9.58. The molecule has 0 aromatic rings. The van der Waals surface area contributed by atoms with Gasteiger partial charge in [-0.3, -0.25) is 0 Å². The molecule has 0 radical (unpaired) electrons.